The van der Waals surface area contributed by atoms with Gasteiger partial charge in [-0.05, 0) is 31.5 Å². The molecule has 20 heavy (non-hydrogen) atoms. The van der Waals surface area contributed by atoms with E-state index in [1.807, 2.05) is 0 Å². The second kappa shape index (κ2) is 9.88. The van der Waals surface area contributed by atoms with Crippen molar-refractivity contribution in [2.24, 2.45) is 0 Å². The number of sulfonamides is 1. The van der Waals surface area contributed by atoms with Crippen LogP contribution < -0.4 is 10.0 Å². The molecule has 0 saturated carbocycles. The SMILES string of the molecule is O=S(=O)(NCCCCCCNCCO)c1ccccc1. The van der Waals surface area contributed by atoms with Crippen molar-refractivity contribution in [3.8, 4) is 0 Å². The normalized spacial score (nSPS) is 11.7. The summed E-state index contributed by atoms with van der Waals surface area (Å²) in [5, 5.41) is 11.7. The molecule has 1 rings (SSSR count). The number of benzene rings is 1. The molecule has 0 aliphatic heterocycles. The van der Waals surface area contributed by atoms with Gasteiger partial charge in [-0.15, -0.1) is 0 Å². The van der Waals surface area contributed by atoms with Gasteiger partial charge in [-0.25, -0.2) is 13.1 Å². The Morgan fingerprint density at radius 2 is 1.55 bits per heavy atom. The van der Waals surface area contributed by atoms with E-state index < -0.39 is 10.0 Å². The lowest BCUT2D eigenvalue weighted by Crippen LogP contribution is -2.24. The van der Waals surface area contributed by atoms with E-state index in [-0.39, 0.29) is 6.61 Å². The topological polar surface area (TPSA) is 78.4 Å². The summed E-state index contributed by atoms with van der Waals surface area (Å²) in [4.78, 5) is 0.313. The van der Waals surface area contributed by atoms with E-state index in [0.29, 0.717) is 18.0 Å². The fraction of sp³-hybridized carbons (Fsp3) is 0.571. The van der Waals surface area contributed by atoms with E-state index in [0.717, 1.165) is 32.2 Å². The first-order valence-electron chi connectivity index (χ1n) is 7.03. The zero-order valence-corrected chi connectivity index (χ0v) is 12.5. The molecule has 0 heterocycles. The predicted octanol–water partition coefficient (Wildman–Crippen LogP) is 1.11. The Bertz CT molecular complexity index is 449. The van der Waals surface area contributed by atoms with Crippen LogP contribution in [0.1, 0.15) is 25.7 Å². The fourth-order valence-corrected chi connectivity index (χ4v) is 2.92. The van der Waals surface area contributed by atoms with Crippen LogP contribution >= 0.6 is 0 Å². The summed E-state index contributed by atoms with van der Waals surface area (Å²) in [6.45, 7) is 2.18. The highest BCUT2D eigenvalue weighted by molar-refractivity contribution is 7.89. The van der Waals surface area contributed by atoms with Crippen LogP contribution in [0.3, 0.4) is 0 Å². The number of aliphatic hydroxyl groups excluding tert-OH is 1. The Balaban J connectivity index is 2.09. The molecule has 1 aromatic carbocycles. The highest BCUT2D eigenvalue weighted by atomic mass is 32.2. The number of unbranched alkanes of at least 4 members (excludes halogenated alkanes) is 3. The first-order valence-corrected chi connectivity index (χ1v) is 8.51. The molecule has 0 amide bonds. The first kappa shape index (κ1) is 17.1. The molecule has 3 N–H and O–H groups in total. The van der Waals surface area contributed by atoms with Crippen LogP contribution in [0.4, 0.5) is 0 Å². The molecule has 0 spiro atoms. The molecule has 0 bridgehead atoms. The van der Waals surface area contributed by atoms with Crippen molar-refractivity contribution >= 4 is 10.0 Å². The van der Waals surface area contributed by atoms with Gasteiger partial charge in [-0.3, -0.25) is 0 Å². The van der Waals surface area contributed by atoms with Crippen LogP contribution in [0.2, 0.25) is 0 Å². The minimum Gasteiger partial charge on any atom is -0.395 e. The van der Waals surface area contributed by atoms with Crippen LogP contribution in [0.15, 0.2) is 35.2 Å². The average Bonchev–Trinajstić information content (AvgIpc) is 2.46. The summed E-state index contributed by atoms with van der Waals surface area (Å²) >= 11 is 0. The smallest absolute Gasteiger partial charge is 0.240 e. The van der Waals surface area contributed by atoms with E-state index in [9.17, 15) is 8.42 Å². The second-order valence-electron chi connectivity index (χ2n) is 4.60. The molecule has 0 aliphatic carbocycles. The fourth-order valence-electron chi connectivity index (χ4n) is 1.82. The maximum atomic E-state index is 11.9. The van der Waals surface area contributed by atoms with Crippen LogP contribution in [-0.4, -0.2) is 39.8 Å². The van der Waals surface area contributed by atoms with Crippen LogP contribution in [-0.2, 0) is 10.0 Å². The average molecular weight is 300 g/mol. The lowest BCUT2D eigenvalue weighted by Gasteiger charge is -2.06. The third kappa shape index (κ3) is 7.00. The molecular formula is C14H24N2O3S. The van der Waals surface area contributed by atoms with Gasteiger partial charge in [0.25, 0.3) is 0 Å². The summed E-state index contributed by atoms with van der Waals surface area (Å²) in [5.74, 6) is 0. The van der Waals surface area contributed by atoms with Gasteiger partial charge in [-0.2, -0.15) is 0 Å². The van der Waals surface area contributed by atoms with E-state index in [2.05, 4.69) is 10.0 Å². The molecular weight excluding hydrogens is 276 g/mol. The quantitative estimate of drug-likeness (QED) is 0.535. The number of aliphatic hydroxyl groups is 1. The Labute approximate surface area is 121 Å². The van der Waals surface area contributed by atoms with Crippen molar-refractivity contribution in [1.82, 2.24) is 10.0 Å². The largest absolute Gasteiger partial charge is 0.395 e. The van der Waals surface area contributed by atoms with Gasteiger partial charge >= 0.3 is 0 Å². The van der Waals surface area contributed by atoms with Gasteiger partial charge < -0.3 is 10.4 Å². The molecule has 0 aromatic heterocycles. The van der Waals surface area contributed by atoms with E-state index in [1.165, 1.54) is 0 Å². The lowest BCUT2D eigenvalue weighted by molar-refractivity contribution is 0.292. The monoisotopic (exact) mass is 300 g/mol. The molecule has 6 heteroatoms. The molecule has 0 unspecified atom stereocenters. The van der Waals surface area contributed by atoms with Crippen molar-refractivity contribution < 1.29 is 13.5 Å². The number of nitrogens with one attached hydrogen (secondary N) is 2. The molecule has 0 fully saturated rings. The highest BCUT2D eigenvalue weighted by Crippen LogP contribution is 2.07. The van der Waals surface area contributed by atoms with E-state index >= 15 is 0 Å². The minimum absolute atomic E-state index is 0.168. The molecule has 114 valence electrons. The van der Waals surface area contributed by atoms with Gasteiger partial charge in [0, 0.05) is 13.1 Å². The minimum atomic E-state index is -3.36. The van der Waals surface area contributed by atoms with Crippen LogP contribution in [0.25, 0.3) is 0 Å². The van der Waals surface area contributed by atoms with Crippen LogP contribution in [0.5, 0.6) is 0 Å². The van der Waals surface area contributed by atoms with Crippen molar-refractivity contribution in [2.75, 3.05) is 26.2 Å². The number of rotatable bonds is 11. The summed E-state index contributed by atoms with van der Waals surface area (Å²) in [7, 11) is -3.36. The third-order valence-corrected chi connectivity index (χ3v) is 4.39. The number of hydrogen-bond donors (Lipinski definition) is 3. The highest BCUT2D eigenvalue weighted by Gasteiger charge is 2.11. The van der Waals surface area contributed by atoms with Gasteiger partial charge in [0.1, 0.15) is 0 Å². The summed E-state index contributed by atoms with van der Waals surface area (Å²) < 4.78 is 26.4. The molecule has 0 atom stereocenters. The Morgan fingerprint density at radius 1 is 0.900 bits per heavy atom. The summed E-state index contributed by atoms with van der Waals surface area (Å²) in [5.41, 5.74) is 0. The molecule has 0 radical (unpaired) electrons. The summed E-state index contributed by atoms with van der Waals surface area (Å²) in [6, 6.07) is 8.41. The molecule has 1 aromatic rings. The van der Waals surface area contributed by atoms with Crippen molar-refractivity contribution in [3.05, 3.63) is 30.3 Å². The summed E-state index contributed by atoms with van der Waals surface area (Å²) in [6.07, 6.45) is 3.95. The first-order chi connectivity index (χ1) is 9.67. The van der Waals surface area contributed by atoms with Gasteiger partial charge in [0.15, 0.2) is 0 Å². The predicted molar refractivity (Wildman–Crippen MR) is 80.1 cm³/mol. The zero-order valence-electron chi connectivity index (χ0n) is 11.7. The molecule has 0 saturated heterocycles. The standard InChI is InChI=1S/C14H24N2O3S/c17-13-12-15-10-6-1-2-7-11-16-20(18,19)14-8-4-3-5-9-14/h3-5,8-9,15-17H,1-2,6-7,10-13H2. The van der Waals surface area contributed by atoms with Gasteiger partial charge in [0.2, 0.25) is 10.0 Å². The van der Waals surface area contributed by atoms with Crippen molar-refractivity contribution in [2.45, 2.75) is 30.6 Å². The van der Waals surface area contributed by atoms with E-state index in [4.69, 9.17) is 5.11 Å². The Hall–Kier alpha value is -0.950. The Morgan fingerprint density at radius 3 is 2.20 bits per heavy atom. The zero-order chi connectivity index (χ0) is 14.7. The Kier molecular flexibility index (Phi) is 8.45. The maximum absolute atomic E-state index is 11.9. The molecule has 0 aliphatic rings. The van der Waals surface area contributed by atoms with E-state index in [1.54, 1.807) is 30.3 Å². The molecule has 5 nitrogen and oxygen atoms in total. The number of hydrogen-bond acceptors (Lipinski definition) is 4. The van der Waals surface area contributed by atoms with Crippen LogP contribution in [0, 0.1) is 0 Å². The van der Waals surface area contributed by atoms with Gasteiger partial charge in [-0.1, -0.05) is 31.0 Å². The van der Waals surface area contributed by atoms with Crippen molar-refractivity contribution in [1.29, 1.82) is 0 Å². The second-order valence-corrected chi connectivity index (χ2v) is 6.37. The van der Waals surface area contributed by atoms with Crippen molar-refractivity contribution in [3.63, 3.8) is 0 Å². The lowest BCUT2D eigenvalue weighted by atomic mass is 10.2. The van der Waals surface area contributed by atoms with Gasteiger partial charge in [0.05, 0.1) is 11.5 Å². The maximum Gasteiger partial charge on any atom is 0.240 e. The third-order valence-electron chi connectivity index (χ3n) is 2.91.